The predicted octanol–water partition coefficient (Wildman–Crippen LogP) is 25.3. The van der Waals surface area contributed by atoms with Gasteiger partial charge in [0.25, 0.3) is 0 Å². The summed E-state index contributed by atoms with van der Waals surface area (Å²) >= 11 is 0. The van der Waals surface area contributed by atoms with Gasteiger partial charge in [0, 0.05) is 160 Å². The van der Waals surface area contributed by atoms with Gasteiger partial charge in [-0.3, -0.25) is 14.7 Å². The standard InChI is InChI=1S/C23H23N3O.2C22H22N4O.C20H18N4O.C17H17N3O/c1-14(2)25-16(4)26(19-9-7-13-24-23(19)25)21-15(3)11-12-18-17-8-5-6-10-20(17)27-22(18)21;2*1-13(2)25-15(4)26(22-21(25)23-11-12-24-22)19-14(3)9-10-17-16-7-5-6-8-18(16)27-20(17)19;1-12-8-9-15-14-6-4-5-7-16(14)25-18(15)17(12)24-13(2)23(3)19-20(24)22-11-10-21-19;1-11-6-7-13-14-5-4-8-18-17(14)21-16(13)15(11)20-10-9-19(3)12(20)2/h5-14,16H,1-4H3;2*5-13,15H,1-4H3;4-11,13H,1-3H3;4-10,12H,1-3H3/t16-;2*15-;13-;12-/m00000/s1/i1D3,14D;1D3,13D;13D;3D3;/t14?,16-;13?,15-;2m;. The van der Waals surface area contributed by atoms with Crippen LogP contribution in [0.2, 0.25) is 0 Å². The topological polar surface area (TPSA) is 201 Å². The summed E-state index contributed by atoms with van der Waals surface area (Å²) in [5.74, 6) is 3.71. The van der Waals surface area contributed by atoms with Crippen LogP contribution in [0.5, 0.6) is 0 Å². The van der Waals surface area contributed by atoms with Crippen molar-refractivity contribution in [2.45, 2.75) is 160 Å². The molecule has 0 saturated carbocycles. The number of benzene rings is 9. The molecule has 0 fully saturated rings. The van der Waals surface area contributed by atoms with Crippen LogP contribution in [0.1, 0.15) is 120 Å². The number of aromatic nitrogens is 8. The molecule has 0 aliphatic carbocycles. The molecular weight excluding hydrogens is 1580 g/mol. The molecule has 19 aromatic rings. The predicted molar refractivity (Wildman–Crippen MR) is 517 cm³/mol. The van der Waals surface area contributed by atoms with Crippen LogP contribution in [0.4, 0.5) is 74.8 Å². The number of aryl methyl sites for hydroxylation is 5. The van der Waals surface area contributed by atoms with Crippen molar-refractivity contribution in [3.8, 4) is 0 Å². The fourth-order valence-corrected chi connectivity index (χ4v) is 19.0. The van der Waals surface area contributed by atoms with E-state index in [9.17, 15) is 0 Å². The minimum Gasteiger partial charge on any atom is -0.454 e. The first-order valence-corrected chi connectivity index (χ1v) is 42.5. The highest BCUT2D eigenvalue weighted by Crippen LogP contribution is 2.53. The molecule has 0 radical (unpaired) electrons. The molecule has 5 aliphatic rings. The molecule has 0 spiro atoms. The SMILES string of the molecule is Cc1ccc2c(oc3ncccc32)c1N1C=CN(C)[C@@H]1C.[2H]C(C)(C)N1c2nccnc2N(c2c(C)ccc3c2oc2ccccc23)[C@H]1C.[2H]C([2H])([2H])C([2H])(C)N1c2ncccc2N(c2c(C)ccc3c2oc2ccccc23)[C@H]1C.[2H]C([2H])([2H])C([2H])(C)N1c2nccnc2N(c2c(C)ccc3c2oc2ccccc23)[C@H]1C.[2H]C([2H])([2H])N1c2nccnc2N(c2c(C)ccc3c2oc2ccccc23)[C@H]1C. The Morgan fingerprint density at radius 3 is 1.05 bits per heavy atom. The van der Waals surface area contributed by atoms with Crippen LogP contribution in [-0.2, 0) is 0 Å². The lowest BCUT2D eigenvalue weighted by Gasteiger charge is -2.33. The first-order chi connectivity index (χ1) is 66.2. The van der Waals surface area contributed by atoms with Crippen LogP contribution >= 0.6 is 0 Å². The van der Waals surface area contributed by atoms with Gasteiger partial charge in [-0.1, -0.05) is 133 Å². The fourth-order valence-electron chi connectivity index (χ4n) is 19.0. The summed E-state index contributed by atoms with van der Waals surface area (Å²) in [4.78, 5) is 54.6. The molecule has 638 valence electrons. The molecule has 127 heavy (non-hydrogen) atoms. The first kappa shape index (κ1) is 67.7. The van der Waals surface area contributed by atoms with E-state index in [-0.39, 0.29) is 12.3 Å². The third kappa shape index (κ3) is 13.1. The molecule has 23 heteroatoms. The van der Waals surface area contributed by atoms with Crippen molar-refractivity contribution < 1.29 is 38.5 Å². The van der Waals surface area contributed by atoms with Crippen LogP contribution in [0.15, 0.2) is 266 Å². The molecule has 2 unspecified atom stereocenters. The van der Waals surface area contributed by atoms with E-state index in [0.717, 1.165) is 167 Å². The van der Waals surface area contributed by atoms with Gasteiger partial charge in [0.05, 0.1) is 38.2 Å². The Hall–Kier alpha value is -14.7. The van der Waals surface area contributed by atoms with Gasteiger partial charge in [-0.2, -0.15) is 0 Å². The highest BCUT2D eigenvalue weighted by Gasteiger charge is 2.44. The summed E-state index contributed by atoms with van der Waals surface area (Å²) in [6, 6.07) is 55.6. The maximum atomic E-state index is 8.77. The zero-order valence-corrected chi connectivity index (χ0v) is 73.1. The van der Waals surface area contributed by atoms with Crippen molar-refractivity contribution in [1.29, 1.82) is 0 Å². The van der Waals surface area contributed by atoms with Gasteiger partial charge in [-0.25, -0.2) is 39.9 Å². The van der Waals surface area contributed by atoms with E-state index in [1.165, 1.54) is 41.6 Å². The Morgan fingerprint density at radius 1 is 0.299 bits per heavy atom. The van der Waals surface area contributed by atoms with E-state index in [1.807, 2.05) is 208 Å². The number of fused-ring (bicyclic) bond motifs is 19. The van der Waals surface area contributed by atoms with E-state index in [1.54, 1.807) is 42.1 Å². The lowest BCUT2D eigenvalue weighted by atomic mass is 10.1. The molecule has 24 rings (SSSR count). The van der Waals surface area contributed by atoms with E-state index in [4.69, 9.17) is 38.5 Å². The second kappa shape index (κ2) is 31.8. The normalized spacial score (nSPS) is 19.7. The molecule has 15 heterocycles. The number of hydrogen-bond acceptors (Lipinski definition) is 23. The molecule has 9 aromatic carbocycles. The fraction of sp³-hybridized carbons (Fsp3) is 0.250. The molecule has 0 N–H and O–H groups in total. The summed E-state index contributed by atoms with van der Waals surface area (Å²) < 4.78 is 129. The molecule has 7 atom stereocenters. The van der Waals surface area contributed by atoms with Gasteiger partial charge >= 0.3 is 0 Å². The smallest absolute Gasteiger partial charge is 0.227 e. The Kier molecular flexibility index (Phi) is 17.0. The van der Waals surface area contributed by atoms with E-state index in [0.29, 0.717) is 40.4 Å². The first-order valence-electron chi connectivity index (χ1n) is 48.5. The number of furan rings is 5. The maximum Gasteiger partial charge on any atom is 0.227 e. The third-order valence-corrected chi connectivity index (χ3v) is 25.0. The molecule has 5 aliphatic heterocycles. The van der Waals surface area contributed by atoms with Crippen LogP contribution < -0.4 is 44.1 Å². The highest BCUT2D eigenvalue weighted by atomic mass is 16.4. The van der Waals surface area contributed by atoms with E-state index in [2.05, 4.69) is 150 Å². The summed E-state index contributed by atoms with van der Waals surface area (Å²) in [6.45, 7) is 19.2. The zero-order chi connectivity index (χ0) is 98.1. The van der Waals surface area contributed by atoms with Crippen molar-refractivity contribution in [2.75, 3.05) is 58.1 Å². The van der Waals surface area contributed by atoms with Crippen molar-refractivity contribution in [1.82, 2.24) is 44.8 Å². The molecule has 10 aromatic heterocycles. The number of pyridine rings is 2. The average molecular weight is 1700 g/mol. The number of rotatable bonds is 8. The number of hydrogen-bond donors (Lipinski definition) is 0. The van der Waals surface area contributed by atoms with Gasteiger partial charge in [-0.05, 0) is 187 Å². The van der Waals surface area contributed by atoms with Gasteiger partial charge in [0.15, 0.2) is 68.6 Å². The monoisotopic (exact) mass is 1690 g/mol. The van der Waals surface area contributed by atoms with Gasteiger partial charge in [-0.15, -0.1) is 0 Å². The third-order valence-electron chi connectivity index (χ3n) is 25.0. The molecule has 0 saturated heterocycles. The minimum atomic E-state index is -2.55. The molecule has 0 amide bonds. The van der Waals surface area contributed by atoms with Crippen molar-refractivity contribution >= 4 is 185 Å². The van der Waals surface area contributed by atoms with E-state index < -0.39 is 57.2 Å². The van der Waals surface area contributed by atoms with Crippen molar-refractivity contribution in [3.05, 3.63) is 272 Å². The summed E-state index contributed by atoms with van der Waals surface area (Å²) in [5, 5.41) is 10.4. The molecule has 0 bridgehead atoms. The molecular formula is C104H102N18O5. The van der Waals surface area contributed by atoms with Crippen LogP contribution in [0.3, 0.4) is 0 Å². The summed E-state index contributed by atoms with van der Waals surface area (Å²) in [7, 11) is 2.08. The number of para-hydroxylation sites is 4. The average Bonchev–Trinajstić information content (AvgIpc) is 1.58. The molecule has 23 nitrogen and oxygen atoms in total. The second-order valence-electron chi connectivity index (χ2n) is 33.0. The van der Waals surface area contributed by atoms with E-state index >= 15 is 0 Å². The Bertz CT molecular complexity index is 7690. The highest BCUT2D eigenvalue weighted by molar-refractivity contribution is 6.15. The Balaban J connectivity index is 0.000000107. The van der Waals surface area contributed by atoms with Crippen LogP contribution in [0, 0.1) is 34.6 Å². The maximum absolute atomic E-state index is 8.77. The van der Waals surface area contributed by atoms with Crippen LogP contribution in [0.25, 0.3) is 110 Å². The van der Waals surface area contributed by atoms with Gasteiger partial charge < -0.3 is 56.4 Å². The largest absolute Gasteiger partial charge is 0.454 e. The quantitative estimate of drug-likeness (QED) is 0.139. The minimum absolute atomic E-state index is 0.123. The lowest BCUT2D eigenvalue weighted by Crippen LogP contribution is -2.42. The van der Waals surface area contributed by atoms with Crippen molar-refractivity contribution in [2.24, 2.45) is 0 Å². The zero-order valence-electron chi connectivity index (χ0n) is 85.1. The van der Waals surface area contributed by atoms with Crippen LogP contribution in [-0.4, -0.2) is 108 Å². The van der Waals surface area contributed by atoms with Gasteiger partial charge in [0.1, 0.15) is 53.2 Å². The van der Waals surface area contributed by atoms with Gasteiger partial charge in [0.2, 0.25) is 5.71 Å². The van der Waals surface area contributed by atoms with Crippen molar-refractivity contribution in [3.63, 3.8) is 0 Å². The number of nitrogens with zero attached hydrogens (tertiary/aromatic N) is 18. The summed E-state index contributed by atoms with van der Waals surface area (Å²) in [5.41, 5.74) is 18.4. The Labute approximate surface area is 753 Å². The summed E-state index contributed by atoms with van der Waals surface area (Å²) in [6.07, 6.45) is 15.8. The number of anilines is 13. The Morgan fingerprint density at radius 2 is 0.630 bits per heavy atom. The lowest BCUT2D eigenvalue weighted by molar-refractivity contribution is 0.383. The second-order valence-corrected chi connectivity index (χ2v) is 33.0.